The van der Waals surface area contributed by atoms with Gasteiger partial charge in [0.15, 0.2) is 0 Å². The average Bonchev–Trinajstić information content (AvgIpc) is 3.53. The van der Waals surface area contributed by atoms with Gasteiger partial charge in [-0.2, -0.15) is 0 Å². The van der Waals surface area contributed by atoms with Crippen molar-refractivity contribution in [2.24, 2.45) is 0 Å². The number of fused-ring (bicyclic) bond motifs is 1. The number of anilines is 1. The van der Waals surface area contributed by atoms with E-state index < -0.39 is 5.60 Å². The van der Waals surface area contributed by atoms with Crippen LogP contribution in [0.2, 0.25) is 0 Å². The molecule has 3 N–H and O–H groups in total. The molecule has 1 aliphatic rings. The second kappa shape index (κ2) is 9.28. The number of hydrogen-bond donors (Lipinski definition) is 2. The van der Waals surface area contributed by atoms with Crippen molar-refractivity contribution in [1.29, 1.82) is 0 Å². The van der Waals surface area contributed by atoms with Crippen LogP contribution in [0.15, 0.2) is 47.5 Å². The van der Waals surface area contributed by atoms with Crippen LogP contribution in [0.25, 0.3) is 22.3 Å². The molecule has 0 unspecified atom stereocenters. The summed E-state index contributed by atoms with van der Waals surface area (Å²) >= 11 is 0. The molecule has 1 atom stereocenters. The third-order valence-electron chi connectivity index (χ3n) is 6.46. The van der Waals surface area contributed by atoms with Crippen molar-refractivity contribution >= 4 is 22.8 Å². The van der Waals surface area contributed by atoms with E-state index in [1.807, 2.05) is 12.1 Å². The zero-order chi connectivity index (χ0) is 26.3. The van der Waals surface area contributed by atoms with Crippen molar-refractivity contribution in [1.82, 2.24) is 34.4 Å². The summed E-state index contributed by atoms with van der Waals surface area (Å²) in [4.78, 5) is 36.0. The van der Waals surface area contributed by atoms with E-state index in [2.05, 4.69) is 20.3 Å². The van der Waals surface area contributed by atoms with Gasteiger partial charge in [0.2, 0.25) is 5.95 Å². The molecular formula is C25H28N8O4. The van der Waals surface area contributed by atoms with Gasteiger partial charge in [-0.25, -0.2) is 14.6 Å². The molecule has 1 aliphatic heterocycles. The topological polar surface area (TPSA) is 154 Å². The van der Waals surface area contributed by atoms with Gasteiger partial charge in [0, 0.05) is 30.2 Å². The number of likely N-dealkylation sites (tertiary alicyclic amines) is 1. The number of nitrogens with two attached hydrogens (primary N) is 1. The number of rotatable bonds is 6. The van der Waals surface area contributed by atoms with Crippen molar-refractivity contribution in [2.75, 3.05) is 25.9 Å². The Hall–Kier alpha value is -4.32. The van der Waals surface area contributed by atoms with Gasteiger partial charge in [0.05, 0.1) is 25.9 Å². The van der Waals surface area contributed by atoms with Crippen molar-refractivity contribution in [2.45, 2.75) is 38.5 Å². The smallest absolute Gasteiger partial charge is 0.255 e. The van der Waals surface area contributed by atoms with Gasteiger partial charge in [0.25, 0.3) is 11.5 Å². The first kappa shape index (κ1) is 24.4. The molecule has 5 rings (SSSR count). The summed E-state index contributed by atoms with van der Waals surface area (Å²) in [6.45, 7) is 3.99. The molecule has 0 saturated carbocycles. The Morgan fingerprint density at radius 2 is 2.05 bits per heavy atom. The standard InChI is InChI=1S/C25H28N8O4/c1-25(2,36)23(35)31-11-9-16(13-31)33-10-5-6-15(22(33)34)12-32-14-18(29-30-32)20-17-7-4-8-19(37-3)21(17)28-24(26)27-20/h4-8,10,14,16,36H,9,11-13H2,1-3H3,(H2,26,27,28)/t16-/m0/s1. The molecule has 12 heteroatoms. The number of carbonyl (C=O) groups is 1. The van der Waals surface area contributed by atoms with Gasteiger partial charge in [-0.1, -0.05) is 23.4 Å². The second-order valence-electron chi connectivity index (χ2n) is 9.59. The Balaban J connectivity index is 1.40. The largest absolute Gasteiger partial charge is 0.494 e. The molecule has 4 heterocycles. The number of pyridine rings is 1. The summed E-state index contributed by atoms with van der Waals surface area (Å²) in [5.41, 5.74) is 6.44. The van der Waals surface area contributed by atoms with Crippen LogP contribution in [0.4, 0.5) is 5.95 Å². The summed E-state index contributed by atoms with van der Waals surface area (Å²) in [6.07, 6.45) is 4.06. The van der Waals surface area contributed by atoms with Gasteiger partial charge < -0.3 is 25.0 Å². The van der Waals surface area contributed by atoms with Crippen LogP contribution in [-0.4, -0.2) is 71.2 Å². The molecule has 192 valence electrons. The lowest BCUT2D eigenvalue weighted by atomic mass is 10.1. The number of aliphatic hydroxyl groups is 1. The molecule has 0 aliphatic carbocycles. The Labute approximate surface area is 212 Å². The van der Waals surface area contributed by atoms with E-state index in [4.69, 9.17) is 10.5 Å². The SMILES string of the molecule is COc1cccc2c(-c3cn(Cc4cccn([C@H]5CCN(C(=O)C(C)(C)O)C5)c4=O)nn3)nc(N)nc12. The van der Waals surface area contributed by atoms with Gasteiger partial charge in [0.1, 0.15) is 28.3 Å². The zero-order valence-corrected chi connectivity index (χ0v) is 20.8. The Morgan fingerprint density at radius 3 is 2.81 bits per heavy atom. The second-order valence-corrected chi connectivity index (χ2v) is 9.59. The molecule has 1 fully saturated rings. The van der Waals surface area contributed by atoms with Gasteiger partial charge in [-0.05, 0) is 32.4 Å². The number of ether oxygens (including phenoxy) is 1. The molecule has 0 radical (unpaired) electrons. The third kappa shape index (κ3) is 4.62. The minimum absolute atomic E-state index is 0.0844. The number of methoxy groups -OCH3 is 1. The van der Waals surface area contributed by atoms with Crippen LogP contribution in [0.5, 0.6) is 5.75 Å². The Morgan fingerprint density at radius 1 is 1.24 bits per heavy atom. The highest BCUT2D eigenvalue weighted by Crippen LogP contribution is 2.30. The molecule has 3 aromatic heterocycles. The van der Waals surface area contributed by atoms with Crippen LogP contribution in [0.1, 0.15) is 31.9 Å². The molecule has 37 heavy (non-hydrogen) atoms. The van der Waals surface area contributed by atoms with Crippen LogP contribution >= 0.6 is 0 Å². The highest BCUT2D eigenvalue weighted by atomic mass is 16.5. The van der Waals surface area contributed by atoms with Crippen molar-refractivity contribution < 1.29 is 14.6 Å². The summed E-state index contributed by atoms with van der Waals surface area (Å²) in [5.74, 6) is 0.311. The number of nitrogen functional groups attached to an aromatic ring is 1. The van der Waals surface area contributed by atoms with Crippen LogP contribution in [0.3, 0.4) is 0 Å². The van der Waals surface area contributed by atoms with E-state index in [9.17, 15) is 14.7 Å². The molecular weight excluding hydrogens is 476 g/mol. The van der Waals surface area contributed by atoms with E-state index in [-0.39, 0.29) is 30.0 Å². The molecule has 4 aromatic rings. The fraction of sp³-hybridized carbons (Fsp3) is 0.360. The number of carbonyl (C=O) groups excluding carboxylic acids is 1. The van der Waals surface area contributed by atoms with Crippen molar-refractivity contribution in [3.63, 3.8) is 0 Å². The van der Waals surface area contributed by atoms with Crippen LogP contribution in [-0.2, 0) is 11.3 Å². The Kier molecular flexibility index (Phi) is 6.12. The van der Waals surface area contributed by atoms with Gasteiger partial charge in [-0.3, -0.25) is 9.59 Å². The van der Waals surface area contributed by atoms with Crippen LogP contribution < -0.4 is 16.0 Å². The fourth-order valence-electron chi connectivity index (χ4n) is 4.67. The minimum Gasteiger partial charge on any atom is -0.494 e. The van der Waals surface area contributed by atoms with Gasteiger partial charge in [-0.15, -0.1) is 5.10 Å². The summed E-state index contributed by atoms with van der Waals surface area (Å²) < 4.78 is 8.62. The molecule has 0 spiro atoms. The zero-order valence-electron chi connectivity index (χ0n) is 20.8. The normalized spacial score (nSPS) is 15.9. The van der Waals surface area contributed by atoms with Crippen LogP contribution in [0, 0.1) is 0 Å². The third-order valence-corrected chi connectivity index (χ3v) is 6.46. The lowest BCUT2D eigenvalue weighted by Gasteiger charge is -2.24. The van der Waals surface area contributed by atoms with Gasteiger partial charge >= 0.3 is 0 Å². The molecule has 0 bridgehead atoms. The summed E-state index contributed by atoms with van der Waals surface area (Å²) in [6, 6.07) is 8.86. The number of aromatic nitrogens is 6. The van der Waals surface area contributed by atoms with E-state index >= 15 is 0 Å². The minimum atomic E-state index is -1.45. The number of para-hydroxylation sites is 1. The first-order chi connectivity index (χ1) is 17.7. The first-order valence-electron chi connectivity index (χ1n) is 11.9. The van der Waals surface area contributed by atoms with E-state index in [1.165, 1.54) is 13.8 Å². The highest BCUT2D eigenvalue weighted by molar-refractivity contribution is 5.95. The maximum atomic E-state index is 13.3. The van der Waals surface area contributed by atoms with E-state index in [1.54, 1.807) is 51.9 Å². The maximum Gasteiger partial charge on any atom is 0.255 e. The predicted octanol–water partition coefficient (Wildman–Crippen LogP) is 1.23. The Bertz CT molecular complexity index is 1540. The highest BCUT2D eigenvalue weighted by Gasteiger charge is 2.35. The molecule has 1 aromatic carbocycles. The average molecular weight is 505 g/mol. The number of amides is 1. The summed E-state index contributed by atoms with van der Waals surface area (Å²) in [5, 5.41) is 19.2. The predicted molar refractivity (Wildman–Crippen MR) is 136 cm³/mol. The lowest BCUT2D eigenvalue weighted by Crippen LogP contribution is -2.44. The lowest BCUT2D eigenvalue weighted by molar-refractivity contribution is -0.146. The number of nitrogens with zero attached hydrogens (tertiary/aromatic N) is 7. The monoisotopic (exact) mass is 504 g/mol. The van der Waals surface area contributed by atoms with Crippen molar-refractivity contribution in [3.8, 4) is 17.1 Å². The summed E-state index contributed by atoms with van der Waals surface area (Å²) in [7, 11) is 1.56. The quantitative estimate of drug-likeness (QED) is 0.394. The first-order valence-corrected chi connectivity index (χ1v) is 11.9. The van der Waals surface area contributed by atoms with E-state index in [0.717, 1.165) is 0 Å². The number of benzene rings is 1. The number of hydrogen-bond acceptors (Lipinski definition) is 9. The maximum absolute atomic E-state index is 13.3. The molecule has 12 nitrogen and oxygen atoms in total. The molecule has 1 amide bonds. The van der Waals surface area contributed by atoms with Crippen molar-refractivity contribution in [3.05, 3.63) is 58.6 Å². The van der Waals surface area contributed by atoms with E-state index in [0.29, 0.717) is 53.1 Å². The fourth-order valence-corrected chi connectivity index (χ4v) is 4.67. The molecule has 1 saturated heterocycles.